The molecule has 7 heteroatoms. The van der Waals surface area contributed by atoms with Gasteiger partial charge in [0, 0.05) is 24.8 Å². The number of rotatable bonds is 4. The molecule has 0 amide bonds. The second kappa shape index (κ2) is 6.62. The molecule has 1 heterocycles. The Morgan fingerprint density at radius 3 is 2.81 bits per heavy atom. The van der Waals surface area contributed by atoms with E-state index in [-0.39, 0.29) is 24.3 Å². The molecule has 2 rings (SSSR count). The van der Waals surface area contributed by atoms with Crippen molar-refractivity contribution in [2.75, 3.05) is 6.61 Å². The van der Waals surface area contributed by atoms with Crippen LogP contribution in [-0.4, -0.2) is 25.1 Å². The van der Waals surface area contributed by atoms with E-state index in [2.05, 4.69) is 10.1 Å². The van der Waals surface area contributed by atoms with Crippen LogP contribution in [0.4, 0.5) is 17.6 Å². The van der Waals surface area contributed by atoms with Crippen LogP contribution >= 0.6 is 0 Å². The normalized spacial score (nSPS) is 23.1. The van der Waals surface area contributed by atoms with Crippen molar-refractivity contribution in [1.82, 2.24) is 5.32 Å². The molecule has 118 valence electrons. The van der Waals surface area contributed by atoms with Gasteiger partial charge in [0.05, 0.1) is 6.10 Å². The Balaban J connectivity index is 2.04. The summed E-state index contributed by atoms with van der Waals surface area (Å²) in [4.78, 5) is 0. The van der Waals surface area contributed by atoms with Crippen LogP contribution in [0, 0.1) is 5.82 Å². The summed E-state index contributed by atoms with van der Waals surface area (Å²) >= 11 is 0. The Hall–Kier alpha value is -1.34. The predicted molar refractivity (Wildman–Crippen MR) is 68.4 cm³/mol. The number of hydrogen-bond donors (Lipinski definition) is 1. The second-order valence-corrected chi connectivity index (χ2v) is 5.05. The van der Waals surface area contributed by atoms with Crippen molar-refractivity contribution >= 4 is 0 Å². The zero-order valence-corrected chi connectivity index (χ0v) is 11.5. The second-order valence-electron chi connectivity index (χ2n) is 5.05. The third-order valence-corrected chi connectivity index (χ3v) is 3.35. The van der Waals surface area contributed by atoms with Crippen LogP contribution < -0.4 is 10.1 Å². The van der Waals surface area contributed by atoms with E-state index in [0.29, 0.717) is 6.61 Å². The lowest BCUT2D eigenvalue weighted by molar-refractivity contribution is -0.275. The lowest BCUT2D eigenvalue weighted by Crippen LogP contribution is -2.37. The Kier molecular flexibility index (Phi) is 5.05. The van der Waals surface area contributed by atoms with Crippen LogP contribution in [0.25, 0.3) is 0 Å². The molecule has 1 saturated heterocycles. The zero-order valence-electron chi connectivity index (χ0n) is 11.5. The summed E-state index contributed by atoms with van der Waals surface area (Å²) in [5.74, 6) is -1.22. The highest BCUT2D eigenvalue weighted by Gasteiger charge is 2.32. The van der Waals surface area contributed by atoms with Gasteiger partial charge in [0.25, 0.3) is 0 Å². The van der Waals surface area contributed by atoms with E-state index in [0.717, 1.165) is 25.0 Å². The summed E-state index contributed by atoms with van der Waals surface area (Å²) < 4.78 is 60.0. The van der Waals surface area contributed by atoms with Crippen molar-refractivity contribution in [2.24, 2.45) is 0 Å². The molecule has 3 nitrogen and oxygen atoms in total. The highest BCUT2D eigenvalue weighted by atomic mass is 19.4. The molecule has 1 aromatic carbocycles. The van der Waals surface area contributed by atoms with E-state index in [1.807, 2.05) is 6.92 Å². The fourth-order valence-electron chi connectivity index (χ4n) is 2.36. The highest BCUT2D eigenvalue weighted by molar-refractivity contribution is 5.34. The molecule has 1 aliphatic heterocycles. The quantitative estimate of drug-likeness (QED) is 0.865. The number of halogens is 4. The van der Waals surface area contributed by atoms with Gasteiger partial charge in [0.2, 0.25) is 0 Å². The minimum atomic E-state index is -4.84. The number of nitrogens with one attached hydrogen (secondary N) is 1. The first kappa shape index (κ1) is 16.0. The lowest BCUT2D eigenvalue weighted by Gasteiger charge is -2.28. The van der Waals surface area contributed by atoms with Gasteiger partial charge in [-0.3, -0.25) is 0 Å². The molecular formula is C14H17F4NO2. The Morgan fingerprint density at radius 1 is 1.38 bits per heavy atom. The summed E-state index contributed by atoms with van der Waals surface area (Å²) in [5, 5.41) is 3.07. The van der Waals surface area contributed by atoms with E-state index in [1.165, 1.54) is 6.07 Å². The SMILES string of the molecule is C[C@@H]1C[C@@H](NCc2c(F)cccc2OC(F)(F)F)CCO1. The number of benzene rings is 1. The average molecular weight is 307 g/mol. The highest BCUT2D eigenvalue weighted by Crippen LogP contribution is 2.28. The summed E-state index contributed by atoms with van der Waals surface area (Å²) in [6.45, 7) is 2.49. The van der Waals surface area contributed by atoms with Gasteiger partial charge in [-0.2, -0.15) is 0 Å². The van der Waals surface area contributed by atoms with Gasteiger partial charge in [0.1, 0.15) is 11.6 Å². The van der Waals surface area contributed by atoms with Gasteiger partial charge in [0.15, 0.2) is 0 Å². The first-order chi connectivity index (χ1) is 9.85. The molecule has 0 aromatic heterocycles. The fraction of sp³-hybridized carbons (Fsp3) is 0.571. The van der Waals surface area contributed by atoms with Crippen LogP contribution in [-0.2, 0) is 11.3 Å². The van der Waals surface area contributed by atoms with Crippen LogP contribution in [0.3, 0.4) is 0 Å². The standard InChI is InChI=1S/C14H17F4NO2/c1-9-7-10(5-6-20-9)19-8-11-12(15)3-2-4-13(11)21-14(16,17)18/h2-4,9-10,19H,5-8H2,1H3/t9-,10+/m1/s1. The average Bonchev–Trinajstić information content (AvgIpc) is 2.36. The molecule has 0 aliphatic carbocycles. The Labute approximate surface area is 120 Å². The van der Waals surface area contributed by atoms with Gasteiger partial charge in [-0.05, 0) is 31.9 Å². The maximum atomic E-state index is 13.7. The van der Waals surface area contributed by atoms with E-state index >= 15 is 0 Å². The molecule has 0 bridgehead atoms. The predicted octanol–water partition coefficient (Wildman–Crippen LogP) is 3.38. The minimum absolute atomic E-state index is 0.0184. The van der Waals surface area contributed by atoms with Crippen LogP contribution in [0.2, 0.25) is 0 Å². The zero-order chi connectivity index (χ0) is 15.5. The largest absolute Gasteiger partial charge is 0.573 e. The van der Waals surface area contributed by atoms with Crippen molar-refractivity contribution in [3.63, 3.8) is 0 Å². The molecule has 1 fully saturated rings. The fourth-order valence-corrected chi connectivity index (χ4v) is 2.36. The first-order valence-corrected chi connectivity index (χ1v) is 6.73. The molecule has 1 aliphatic rings. The minimum Gasteiger partial charge on any atom is -0.405 e. The van der Waals surface area contributed by atoms with E-state index in [1.54, 1.807) is 0 Å². The van der Waals surface area contributed by atoms with Crippen LogP contribution in [0.1, 0.15) is 25.3 Å². The Bertz CT molecular complexity index is 479. The first-order valence-electron chi connectivity index (χ1n) is 6.73. The molecule has 1 N–H and O–H groups in total. The molecule has 1 aromatic rings. The summed E-state index contributed by atoms with van der Waals surface area (Å²) in [6.07, 6.45) is -3.27. The topological polar surface area (TPSA) is 30.5 Å². The molecule has 0 radical (unpaired) electrons. The van der Waals surface area contributed by atoms with Gasteiger partial charge in [-0.1, -0.05) is 6.07 Å². The van der Waals surface area contributed by atoms with Gasteiger partial charge >= 0.3 is 6.36 Å². The molecule has 2 atom stereocenters. The third kappa shape index (κ3) is 4.86. The number of alkyl halides is 3. The number of ether oxygens (including phenoxy) is 2. The van der Waals surface area contributed by atoms with Crippen molar-refractivity contribution in [3.8, 4) is 5.75 Å². The summed E-state index contributed by atoms with van der Waals surface area (Å²) in [7, 11) is 0. The summed E-state index contributed by atoms with van der Waals surface area (Å²) in [6, 6.07) is 3.51. The molecular weight excluding hydrogens is 290 g/mol. The van der Waals surface area contributed by atoms with E-state index in [4.69, 9.17) is 4.74 Å². The summed E-state index contributed by atoms with van der Waals surface area (Å²) in [5.41, 5.74) is -0.117. The molecule has 0 unspecified atom stereocenters. The smallest absolute Gasteiger partial charge is 0.405 e. The maximum Gasteiger partial charge on any atom is 0.573 e. The van der Waals surface area contributed by atoms with E-state index < -0.39 is 17.9 Å². The maximum absolute atomic E-state index is 13.7. The molecule has 0 saturated carbocycles. The van der Waals surface area contributed by atoms with Gasteiger partial charge < -0.3 is 14.8 Å². The van der Waals surface area contributed by atoms with Gasteiger partial charge in [-0.25, -0.2) is 4.39 Å². The van der Waals surface area contributed by atoms with Crippen molar-refractivity contribution in [3.05, 3.63) is 29.6 Å². The van der Waals surface area contributed by atoms with Crippen molar-refractivity contribution < 1.29 is 27.0 Å². The monoisotopic (exact) mass is 307 g/mol. The van der Waals surface area contributed by atoms with Crippen molar-refractivity contribution in [2.45, 2.75) is 44.8 Å². The number of hydrogen-bond acceptors (Lipinski definition) is 3. The third-order valence-electron chi connectivity index (χ3n) is 3.35. The Morgan fingerprint density at radius 2 is 2.14 bits per heavy atom. The van der Waals surface area contributed by atoms with Crippen molar-refractivity contribution in [1.29, 1.82) is 0 Å². The van der Waals surface area contributed by atoms with Crippen LogP contribution in [0.15, 0.2) is 18.2 Å². The van der Waals surface area contributed by atoms with E-state index in [9.17, 15) is 17.6 Å². The lowest BCUT2D eigenvalue weighted by atomic mass is 10.0. The van der Waals surface area contributed by atoms with Crippen LogP contribution in [0.5, 0.6) is 5.75 Å². The molecule has 0 spiro atoms. The molecule has 21 heavy (non-hydrogen) atoms. The van der Waals surface area contributed by atoms with Gasteiger partial charge in [-0.15, -0.1) is 13.2 Å².